The maximum Gasteiger partial charge on any atom is 0.408 e. The predicted molar refractivity (Wildman–Crippen MR) is 156 cm³/mol. The van der Waals surface area contributed by atoms with Gasteiger partial charge in [0.2, 0.25) is 5.91 Å². The fourth-order valence-electron chi connectivity index (χ4n) is 4.20. The van der Waals surface area contributed by atoms with E-state index in [-0.39, 0.29) is 12.5 Å². The SMILES string of the molecule is C#Cc1ccc(C(C(=O)Nc2c(C)cccc2C)N(CC=C)C(=O)C(NC(=O)OC(C)(C)C)C(C)CC)cc1. The molecule has 0 saturated heterocycles. The van der Waals surface area contributed by atoms with Crippen molar-refractivity contribution in [1.29, 1.82) is 0 Å². The van der Waals surface area contributed by atoms with Crippen molar-refractivity contribution in [1.82, 2.24) is 10.2 Å². The number of terminal acetylenes is 1. The van der Waals surface area contributed by atoms with Crippen LogP contribution in [0, 0.1) is 32.1 Å². The van der Waals surface area contributed by atoms with Gasteiger partial charge in [-0.05, 0) is 69.4 Å². The van der Waals surface area contributed by atoms with Crippen molar-refractivity contribution in [2.75, 3.05) is 11.9 Å². The number of rotatable bonds is 10. The molecule has 0 radical (unpaired) electrons. The molecule has 0 heterocycles. The second kappa shape index (κ2) is 13.7. The van der Waals surface area contributed by atoms with Crippen molar-refractivity contribution in [3.8, 4) is 12.3 Å². The maximum absolute atomic E-state index is 14.2. The molecule has 0 fully saturated rings. The Kier molecular flexibility index (Phi) is 10.9. The van der Waals surface area contributed by atoms with Crippen molar-refractivity contribution < 1.29 is 19.1 Å². The molecule has 0 spiro atoms. The molecule has 2 rings (SSSR count). The smallest absolute Gasteiger partial charge is 0.408 e. The van der Waals surface area contributed by atoms with Gasteiger partial charge in [-0.1, -0.05) is 62.6 Å². The van der Waals surface area contributed by atoms with Gasteiger partial charge in [0, 0.05) is 17.8 Å². The van der Waals surface area contributed by atoms with Crippen LogP contribution in [0.2, 0.25) is 0 Å². The molecule has 7 nitrogen and oxygen atoms in total. The quantitative estimate of drug-likeness (QED) is 0.294. The lowest BCUT2D eigenvalue weighted by atomic mass is 9.95. The number of amides is 3. The number of hydrogen-bond acceptors (Lipinski definition) is 4. The molecule has 0 aliphatic heterocycles. The van der Waals surface area contributed by atoms with E-state index in [9.17, 15) is 14.4 Å². The molecule has 39 heavy (non-hydrogen) atoms. The molecule has 0 aromatic heterocycles. The number of nitrogens with one attached hydrogen (secondary N) is 2. The number of anilines is 1. The lowest BCUT2D eigenvalue weighted by Gasteiger charge is -2.35. The lowest BCUT2D eigenvalue weighted by Crippen LogP contribution is -2.54. The van der Waals surface area contributed by atoms with Crippen molar-refractivity contribution in [2.45, 2.75) is 72.6 Å². The largest absolute Gasteiger partial charge is 0.444 e. The van der Waals surface area contributed by atoms with E-state index < -0.39 is 35.6 Å². The molecule has 2 aromatic carbocycles. The minimum atomic E-state index is -1.02. The predicted octanol–water partition coefficient (Wildman–Crippen LogP) is 5.92. The van der Waals surface area contributed by atoms with Crippen LogP contribution in [0.1, 0.15) is 69.3 Å². The number of para-hydroxylation sites is 1. The fraction of sp³-hybridized carbons (Fsp3) is 0.406. The Morgan fingerprint density at radius 1 is 1.10 bits per heavy atom. The number of alkyl carbamates (subject to hydrolysis) is 1. The second-order valence-corrected chi connectivity index (χ2v) is 10.7. The average molecular weight is 532 g/mol. The Balaban J connectivity index is 2.58. The van der Waals surface area contributed by atoms with E-state index in [2.05, 4.69) is 23.1 Å². The summed E-state index contributed by atoms with van der Waals surface area (Å²) in [6.45, 7) is 16.8. The Labute approximate surface area is 233 Å². The zero-order valence-corrected chi connectivity index (χ0v) is 24.1. The van der Waals surface area contributed by atoms with Crippen LogP contribution >= 0.6 is 0 Å². The first kappa shape index (κ1) is 31.2. The fourth-order valence-corrected chi connectivity index (χ4v) is 4.20. The van der Waals surface area contributed by atoms with Crippen LogP contribution < -0.4 is 10.6 Å². The van der Waals surface area contributed by atoms with Gasteiger partial charge < -0.3 is 20.3 Å². The molecule has 3 unspecified atom stereocenters. The van der Waals surface area contributed by atoms with Crippen molar-refractivity contribution in [3.63, 3.8) is 0 Å². The van der Waals surface area contributed by atoms with E-state index in [4.69, 9.17) is 11.2 Å². The number of ether oxygens (including phenoxy) is 1. The number of aryl methyl sites for hydroxylation is 2. The molecule has 0 aliphatic carbocycles. The van der Waals surface area contributed by atoms with Crippen molar-refractivity contribution >= 4 is 23.6 Å². The summed E-state index contributed by atoms with van der Waals surface area (Å²) in [5, 5.41) is 5.78. The van der Waals surface area contributed by atoms with Crippen LogP contribution in [-0.4, -0.2) is 41.0 Å². The zero-order chi connectivity index (χ0) is 29.3. The second-order valence-electron chi connectivity index (χ2n) is 10.7. The number of hydrogen-bond donors (Lipinski definition) is 2. The average Bonchev–Trinajstić information content (AvgIpc) is 2.87. The summed E-state index contributed by atoms with van der Waals surface area (Å²) in [5.74, 6) is 1.53. The maximum atomic E-state index is 14.2. The van der Waals surface area contributed by atoms with Crippen LogP contribution in [0.15, 0.2) is 55.1 Å². The molecule has 3 atom stereocenters. The molecule has 0 bridgehead atoms. The van der Waals surface area contributed by atoms with Gasteiger partial charge >= 0.3 is 6.09 Å². The van der Waals surface area contributed by atoms with E-state index in [1.165, 1.54) is 4.90 Å². The van der Waals surface area contributed by atoms with Crippen LogP contribution in [0.25, 0.3) is 0 Å². The first-order chi connectivity index (χ1) is 18.3. The Hall–Kier alpha value is -4.05. The van der Waals surface area contributed by atoms with Gasteiger partial charge in [0.05, 0.1) is 0 Å². The van der Waals surface area contributed by atoms with Gasteiger partial charge in [-0.2, -0.15) is 0 Å². The summed E-state index contributed by atoms with van der Waals surface area (Å²) < 4.78 is 5.44. The van der Waals surface area contributed by atoms with Gasteiger partial charge in [0.25, 0.3) is 5.91 Å². The molecule has 208 valence electrons. The van der Waals surface area contributed by atoms with E-state index in [0.29, 0.717) is 23.2 Å². The van der Waals surface area contributed by atoms with Crippen LogP contribution in [0.5, 0.6) is 0 Å². The van der Waals surface area contributed by atoms with E-state index in [0.717, 1.165) is 11.1 Å². The van der Waals surface area contributed by atoms with Crippen molar-refractivity contribution in [2.24, 2.45) is 5.92 Å². The Morgan fingerprint density at radius 2 is 1.69 bits per heavy atom. The first-order valence-electron chi connectivity index (χ1n) is 13.2. The highest BCUT2D eigenvalue weighted by atomic mass is 16.6. The molecule has 7 heteroatoms. The highest BCUT2D eigenvalue weighted by Crippen LogP contribution is 2.28. The highest BCUT2D eigenvalue weighted by molar-refractivity contribution is 6.00. The minimum absolute atomic E-state index is 0.0729. The standard InChI is InChI=1S/C32H41N3O4/c1-10-20-35(30(37)27(21(4)11-2)34-31(38)39-32(7,8)9)28(25-18-16-24(12-3)17-19-25)29(36)33-26-22(5)14-13-15-23(26)6/h3,10,13-19,21,27-28H,1,11,20H2,2,4-9H3,(H,33,36)(H,34,38). The highest BCUT2D eigenvalue weighted by Gasteiger charge is 2.38. The minimum Gasteiger partial charge on any atom is -0.444 e. The summed E-state index contributed by atoms with van der Waals surface area (Å²) in [6, 6.07) is 10.7. The summed E-state index contributed by atoms with van der Waals surface area (Å²) in [6.07, 6.45) is 7.03. The Bertz CT molecular complexity index is 1200. The number of carbonyl (C=O) groups excluding carboxylic acids is 3. The topological polar surface area (TPSA) is 87.7 Å². The molecule has 2 aromatic rings. The zero-order valence-electron chi connectivity index (χ0n) is 24.1. The molecule has 0 aliphatic rings. The third-order valence-electron chi connectivity index (χ3n) is 6.44. The van der Waals surface area contributed by atoms with Crippen LogP contribution in [0.4, 0.5) is 10.5 Å². The van der Waals surface area contributed by atoms with Gasteiger partial charge in [-0.25, -0.2) is 4.79 Å². The van der Waals surface area contributed by atoms with E-state index >= 15 is 0 Å². The van der Waals surface area contributed by atoms with E-state index in [1.807, 2.05) is 45.9 Å². The molecule has 0 saturated carbocycles. The van der Waals surface area contributed by atoms with Crippen LogP contribution in [-0.2, 0) is 14.3 Å². The van der Waals surface area contributed by atoms with Gasteiger partial charge in [0.15, 0.2) is 0 Å². The summed E-state index contributed by atoms with van der Waals surface area (Å²) >= 11 is 0. The van der Waals surface area contributed by atoms with Gasteiger partial charge in [-0.3, -0.25) is 9.59 Å². The molecule has 2 N–H and O–H groups in total. The third-order valence-corrected chi connectivity index (χ3v) is 6.44. The van der Waals surface area contributed by atoms with Crippen LogP contribution in [0.3, 0.4) is 0 Å². The summed E-state index contributed by atoms with van der Waals surface area (Å²) in [5.41, 5.74) is 2.97. The monoisotopic (exact) mass is 531 g/mol. The number of carbonyl (C=O) groups is 3. The lowest BCUT2D eigenvalue weighted by molar-refractivity contribution is -0.141. The normalized spacial score (nSPS) is 13.3. The number of nitrogens with zero attached hydrogens (tertiary/aromatic N) is 1. The number of benzene rings is 2. The Morgan fingerprint density at radius 3 is 2.18 bits per heavy atom. The molecular weight excluding hydrogens is 490 g/mol. The third kappa shape index (κ3) is 8.47. The van der Waals surface area contributed by atoms with E-state index in [1.54, 1.807) is 51.1 Å². The molecular formula is C32H41N3O4. The molecule has 3 amide bonds. The first-order valence-corrected chi connectivity index (χ1v) is 13.2. The summed E-state index contributed by atoms with van der Waals surface area (Å²) in [7, 11) is 0. The van der Waals surface area contributed by atoms with Crippen molar-refractivity contribution in [3.05, 3.63) is 77.4 Å². The summed E-state index contributed by atoms with van der Waals surface area (Å²) in [4.78, 5) is 42.3. The van der Waals surface area contributed by atoms with Gasteiger partial charge in [0.1, 0.15) is 17.7 Å². The van der Waals surface area contributed by atoms with Gasteiger partial charge in [-0.15, -0.1) is 13.0 Å².